The first-order valence-corrected chi connectivity index (χ1v) is 12.6. The third-order valence-electron chi connectivity index (χ3n) is 4.84. The van der Waals surface area contributed by atoms with E-state index in [0.717, 1.165) is 39.6 Å². The molecule has 3 aromatic rings. The molecule has 0 aliphatic heterocycles. The van der Waals surface area contributed by atoms with Gasteiger partial charge in [-0.1, -0.05) is 23.7 Å². The fourth-order valence-corrected chi connectivity index (χ4v) is 6.49. The number of sulfone groups is 1. The van der Waals surface area contributed by atoms with Gasteiger partial charge < -0.3 is 15.2 Å². The summed E-state index contributed by atoms with van der Waals surface area (Å²) in [6, 6.07) is 11.0. The van der Waals surface area contributed by atoms with Gasteiger partial charge in [0, 0.05) is 9.72 Å². The number of carboxylic acids is 1. The molecule has 2 N–H and O–H groups in total. The molecule has 6 nitrogen and oxygen atoms in total. The second-order valence-corrected chi connectivity index (χ2v) is 11.0. The Morgan fingerprint density at radius 3 is 2.68 bits per heavy atom. The Morgan fingerprint density at radius 2 is 1.97 bits per heavy atom. The van der Waals surface area contributed by atoms with Crippen LogP contribution in [0.5, 0.6) is 5.75 Å². The van der Waals surface area contributed by atoms with Crippen LogP contribution in [0.3, 0.4) is 0 Å². The number of carboxylic acid groups (broad SMARTS) is 1. The molecule has 1 aromatic heterocycles. The maximum atomic E-state index is 12.8. The van der Waals surface area contributed by atoms with E-state index in [1.807, 2.05) is 32.0 Å². The Morgan fingerprint density at radius 1 is 1.19 bits per heavy atom. The molecule has 3 rings (SSSR count). The molecule has 2 aromatic carbocycles. The van der Waals surface area contributed by atoms with Gasteiger partial charge in [0.2, 0.25) is 9.84 Å². The molecule has 9 heteroatoms. The number of aliphatic carboxylic acids is 1. The molecule has 0 radical (unpaired) electrons. The van der Waals surface area contributed by atoms with E-state index < -0.39 is 15.8 Å². The number of nitrogens with one attached hydrogen (secondary N) is 1. The lowest BCUT2D eigenvalue weighted by molar-refractivity contribution is -0.139. The lowest BCUT2D eigenvalue weighted by Gasteiger charge is -2.10. The van der Waals surface area contributed by atoms with Gasteiger partial charge in [-0.15, -0.1) is 11.3 Å². The van der Waals surface area contributed by atoms with E-state index >= 15 is 0 Å². The van der Waals surface area contributed by atoms with Gasteiger partial charge in [0.1, 0.15) is 15.8 Å². The Bertz CT molecular complexity index is 1200. The second kappa shape index (κ2) is 9.99. The molecule has 0 fully saturated rings. The quantitative estimate of drug-likeness (QED) is 0.411. The Kier molecular flexibility index (Phi) is 7.59. The summed E-state index contributed by atoms with van der Waals surface area (Å²) in [5, 5.41) is 13.2. The van der Waals surface area contributed by atoms with E-state index in [1.165, 1.54) is 11.3 Å². The number of fused-ring (bicyclic) bond motifs is 1. The van der Waals surface area contributed by atoms with E-state index in [2.05, 4.69) is 5.32 Å². The Labute approximate surface area is 190 Å². The summed E-state index contributed by atoms with van der Waals surface area (Å²) >= 11 is 7.32. The summed E-state index contributed by atoms with van der Waals surface area (Å²) in [5.41, 5.74) is 2.70. The molecule has 0 aliphatic rings. The molecule has 0 saturated carbocycles. The maximum Gasteiger partial charge on any atom is 0.341 e. The molecule has 0 amide bonds. The van der Waals surface area contributed by atoms with Crippen LogP contribution in [0.4, 0.5) is 0 Å². The summed E-state index contributed by atoms with van der Waals surface area (Å²) in [5.74, 6) is -0.579. The van der Waals surface area contributed by atoms with Crippen molar-refractivity contribution < 1.29 is 23.1 Å². The van der Waals surface area contributed by atoms with Crippen LogP contribution in [-0.2, 0) is 21.1 Å². The molecule has 0 saturated heterocycles. The van der Waals surface area contributed by atoms with Crippen LogP contribution < -0.4 is 10.1 Å². The first-order chi connectivity index (χ1) is 14.7. The lowest BCUT2D eigenvalue weighted by atomic mass is 10.1. The average Bonchev–Trinajstić information content (AvgIpc) is 3.04. The molecule has 1 heterocycles. The fraction of sp³-hybridized carbons (Fsp3) is 0.318. The number of benzene rings is 2. The molecule has 31 heavy (non-hydrogen) atoms. The first kappa shape index (κ1) is 23.5. The molecule has 0 atom stereocenters. The van der Waals surface area contributed by atoms with E-state index in [1.54, 1.807) is 18.2 Å². The Hall–Kier alpha value is -2.13. The van der Waals surface area contributed by atoms with E-state index in [9.17, 15) is 13.2 Å². The van der Waals surface area contributed by atoms with Gasteiger partial charge in [-0.2, -0.15) is 0 Å². The third kappa shape index (κ3) is 5.98. The standard InChI is InChI=1S/C22H24ClNO5S2/c1-14-10-16(5-7-19(14)29-12-21(25)26)4-3-9-24-13-31(27,28)22-15(2)18-11-17(23)6-8-20(18)30-22/h5-8,10-11,24H,3-4,9,12-13H2,1-2H3,(H,25,26). The van der Waals surface area contributed by atoms with Crippen molar-refractivity contribution in [2.24, 2.45) is 0 Å². The van der Waals surface area contributed by atoms with Crippen molar-refractivity contribution >= 4 is 48.8 Å². The number of thiophene rings is 1. The molecular weight excluding hydrogens is 458 g/mol. The number of halogens is 1. The van der Waals surface area contributed by atoms with Crippen molar-refractivity contribution in [1.29, 1.82) is 0 Å². The van der Waals surface area contributed by atoms with Crippen molar-refractivity contribution in [3.8, 4) is 5.75 Å². The summed E-state index contributed by atoms with van der Waals surface area (Å²) in [6.45, 7) is 3.87. The lowest BCUT2D eigenvalue weighted by Crippen LogP contribution is -2.24. The molecule has 0 aliphatic carbocycles. The third-order valence-corrected chi connectivity index (χ3v) is 8.61. The predicted octanol–water partition coefficient (Wildman–Crippen LogP) is 4.59. The van der Waals surface area contributed by atoms with Crippen LogP contribution in [0.25, 0.3) is 10.1 Å². The van der Waals surface area contributed by atoms with E-state index in [4.69, 9.17) is 21.4 Å². The summed E-state index contributed by atoms with van der Waals surface area (Å²) in [7, 11) is -3.44. The maximum absolute atomic E-state index is 12.8. The zero-order chi connectivity index (χ0) is 22.6. The second-order valence-electron chi connectivity index (χ2n) is 7.30. The van der Waals surface area contributed by atoms with Crippen LogP contribution >= 0.6 is 22.9 Å². The normalized spacial score (nSPS) is 11.7. The number of hydrogen-bond donors (Lipinski definition) is 2. The van der Waals surface area contributed by atoms with Crippen molar-refractivity contribution in [2.75, 3.05) is 19.0 Å². The van der Waals surface area contributed by atoms with Gasteiger partial charge in [0.05, 0.1) is 0 Å². The molecular formula is C22H24ClNO5S2. The molecule has 0 bridgehead atoms. The van der Waals surface area contributed by atoms with Crippen molar-refractivity contribution in [1.82, 2.24) is 5.32 Å². The largest absolute Gasteiger partial charge is 0.482 e. The highest BCUT2D eigenvalue weighted by Crippen LogP contribution is 2.35. The monoisotopic (exact) mass is 481 g/mol. The average molecular weight is 482 g/mol. The van der Waals surface area contributed by atoms with Gasteiger partial charge >= 0.3 is 5.97 Å². The van der Waals surface area contributed by atoms with Crippen molar-refractivity contribution in [3.63, 3.8) is 0 Å². The van der Waals surface area contributed by atoms with Crippen molar-refractivity contribution in [3.05, 3.63) is 58.1 Å². The van der Waals surface area contributed by atoms with Gasteiger partial charge in [-0.3, -0.25) is 0 Å². The minimum atomic E-state index is -3.44. The minimum absolute atomic E-state index is 0.116. The number of carbonyl (C=O) groups is 1. The number of hydrogen-bond acceptors (Lipinski definition) is 6. The number of ether oxygens (including phenoxy) is 1. The number of rotatable bonds is 10. The van der Waals surface area contributed by atoms with E-state index in [0.29, 0.717) is 21.5 Å². The highest BCUT2D eigenvalue weighted by molar-refractivity contribution is 7.93. The molecule has 0 unspecified atom stereocenters. The highest BCUT2D eigenvalue weighted by Gasteiger charge is 2.21. The molecule has 0 spiro atoms. The Balaban J connectivity index is 1.52. The van der Waals surface area contributed by atoms with Crippen LogP contribution in [0.2, 0.25) is 5.02 Å². The van der Waals surface area contributed by atoms with E-state index in [-0.39, 0.29) is 12.5 Å². The first-order valence-electron chi connectivity index (χ1n) is 9.73. The van der Waals surface area contributed by atoms with Gasteiger partial charge in [0.15, 0.2) is 6.61 Å². The summed E-state index contributed by atoms with van der Waals surface area (Å²) < 4.78 is 32.1. The van der Waals surface area contributed by atoms with Crippen LogP contribution in [0.15, 0.2) is 40.6 Å². The minimum Gasteiger partial charge on any atom is -0.482 e. The van der Waals surface area contributed by atoms with Gasteiger partial charge in [0.25, 0.3) is 0 Å². The SMILES string of the molecule is Cc1cc(CCCNCS(=O)(=O)c2sc3ccc(Cl)cc3c2C)ccc1OCC(=O)O. The van der Waals surface area contributed by atoms with Gasteiger partial charge in [-0.25, -0.2) is 13.2 Å². The number of aryl methyl sites for hydroxylation is 3. The highest BCUT2D eigenvalue weighted by atomic mass is 35.5. The zero-order valence-corrected chi connectivity index (χ0v) is 19.7. The van der Waals surface area contributed by atoms with Crippen LogP contribution in [0, 0.1) is 13.8 Å². The predicted molar refractivity (Wildman–Crippen MR) is 124 cm³/mol. The van der Waals surface area contributed by atoms with Gasteiger partial charge in [-0.05, 0) is 79.6 Å². The summed E-state index contributed by atoms with van der Waals surface area (Å²) in [4.78, 5) is 10.6. The molecule has 166 valence electrons. The topological polar surface area (TPSA) is 92.7 Å². The van der Waals surface area contributed by atoms with Crippen molar-refractivity contribution in [2.45, 2.75) is 30.9 Å². The zero-order valence-electron chi connectivity index (χ0n) is 17.3. The smallest absolute Gasteiger partial charge is 0.341 e. The van der Waals surface area contributed by atoms with Crippen LogP contribution in [-0.4, -0.2) is 38.5 Å². The fourth-order valence-electron chi connectivity index (χ4n) is 3.33. The van der Waals surface area contributed by atoms with Crippen LogP contribution in [0.1, 0.15) is 23.1 Å². The summed E-state index contributed by atoms with van der Waals surface area (Å²) in [6.07, 6.45) is 1.54.